The minimum Gasteiger partial charge on any atom is -0.469 e. The van der Waals surface area contributed by atoms with Crippen LogP contribution in [0.25, 0.3) is 0 Å². The minimum absolute atomic E-state index is 0.294. The highest BCUT2D eigenvalue weighted by atomic mass is 16.3. The molecular weight excluding hydrogens is 226 g/mol. The molecule has 0 fully saturated rings. The van der Waals surface area contributed by atoms with Crippen molar-refractivity contribution in [1.29, 1.82) is 0 Å². The average Bonchev–Trinajstić information content (AvgIpc) is 2.93. The topological polar surface area (TPSA) is 56.2 Å². The number of benzene rings is 1. The van der Waals surface area contributed by atoms with E-state index in [4.69, 9.17) is 10.2 Å². The lowest BCUT2D eigenvalue weighted by atomic mass is 9.75. The second-order valence-electron chi connectivity index (χ2n) is 4.82. The Bertz CT molecular complexity index is 614. The van der Waals surface area contributed by atoms with Gasteiger partial charge in [-0.15, -0.1) is 0 Å². The smallest absolute Gasteiger partial charge is 0.232 e. The maximum atomic E-state index is 12.1. The van der Waals surface area contributed by atoms with Crippen molar-refractivity contribution < 1.29 is 9.21 Å². The molecule has 92 valence electrons. The lowest BCUT2D eigenvalue weighted by Crippen LogP contribution is -2.40. The molecule has 2 N–H and O–H groups in total. The van der Waals surface area contributed by atoms with Crippen LogP contribution in [0.2, 0.25) is 0 Å². The Labute approximate surface area is 106 Å². The van der Waals surface area contributed by atoms with Gasteiger partial charge < -0.3 is 10.2 Å². The van der Waals surface area contributed by atoms with Crippen molar-refractivity contribution in [2.75, 3.05) is 0 Å². The number of rotatable bonds is 2. The van der Waals surface area contributed by atoms with Gasteiger partial charge in [0.05, 0.1) is 6.26 Å². The summed E-state index contributed by atoms with van der Waals surface area (Å²) in [6.45, 7) is 1.88. The zero-order valence-electron chi connectivity index (χ0n) is 10.3. The van der Waals surface area contributed by atoms with Gasteiger partial charge in [-0.25, -0.2) is 0 Å². The van der Waals surface area contributed by atoms with E-state index in [1.165, 1.54) is 5.56 Å². The zero-order valence-corrected chi connectivity index (χ0v) is 10.3. The first-order chi connectivity index (χ1) is 8.66. The summed E-state index contributed by atoms with van der Waals surface area (Å²) < 4.78 is 5.36. The molecule has 2 aromatic rings. The van der Waals surface area contributed by atoms with Crippen LogP contribution in [0, 0.1) is 6.92 Å². The van der Waals surface area contributed by atoms with Gasteiger partial charge in [0.15, 0.2) is 0 Å². The SMILES string of the molecule is Cc1occc1C1(C(N)=O)CCc2ccccc21. The molecule has 0 saturated heterocycles. The molecule has 1 atom stereocenters. The number of furan rings is 1. The number of hydrogen-bond acceptors (Lipinski definition) is 2. The predicted molar refractivity (Wildman–Crippen MR) is 68.2 cm³/mol. The Morgan fingerprint density at radius 3 is 2.72 bits per heavy atom. The van der Waals surface area contributed by atoms with Crippen LogP contribution in [0.4, 0.5) is 0 Å². The molecule has 3 heteroatoms. The summed E-state index contributed by atoms with van der Waals surface area (Å²) in [7, 11) is 0. The number of nitrogens with two attached hydrogens (primary N) is 1. The van der Waals surface area contributed by atoms with Crippen LogP contribution in [0.3, 0.4) is 0 Å². The molecule has 18 heavy (non-hydrogen) atoms. The van der Waals surface area contributed by atoms with Crippen molar-refractivity contribution in [2.24, 2.45) is 5.73 Å². The van der Waals surface area contributed by atoms with Gasteiger partial charge in [0, 0.05) is 5.56 Å². The number of carbonyl (C=O) groups is 1. The van der Waals surface area contributed by atoms with Crippen LogP contribution < -0.4 is 5.73 Å². The van der Waals surface area contributed by atoms with E-state index in [0.717, 1.165) is 29.7 Å². The summed E-state index contributed by atoms with van der Waals surface area (Å²) >= 11 is 0. The van der Waals surface area contributed by atoms with E-state index in [9.17, 15) is 4.79 Å². The first kappa shape index (κ1) is 11.1. The van der Waals surface area contributed by atoms with Gasteiger partial charge in [-0.1, -0.05) is 24.3 Å². The van der Waals surface area contributed by atoms with Crippen molar-refractivity contribution in [3.8, 4) is 0 Å². The van der Waals surface area contributed by atoms with Crippen molar-refractivity contribution in [3.63, 3.8) is 0 Å². The number of aryl methyl sites for hydroxylation is 2. The first-order valence-electron chi connectivity index (χ1n) is 6.09. The van der Waals surface area contributed by atoms with Crippen LogP contribution in [0.1, 0.15) is 28.9 Å². The van der Waals surface area contributed by atoms with Gasteiger partial charge in [-0.05, 0) is 37.0 Å². The molecule has 3 nitrogen and oxygen atoms in total. The monoisotopic (exact) mass is 241 g/mol. The van der Waals surface area contributed by atoms with Crippen molar-refractivity contribution in [3.05, 3.63) is 59.0 Å². The maximum absolute atomic E-state index is 12.1. The molecule has 0 radical (unpaired) electrons. The van der Waals surface area contributed by atoms with Crippen molar-refractivity contribution in [1.82, 2.24) is 0 Å². The Kier molecular flexibility index (Phi) is 2.30. The van der Waals surface area contributed by atoms with Gasteiger partial charge in [0.25, 0.3) is 0 Å². The summed E-state index contributed by atoms with van der Waals surface area (Å²) in [6, 6.07) is 9.88. The summed E-state index contributed by atoms with van der Waals surface area (Å²) in [6.07, 6.45) is 3.22. The van der Waals surface area contributed by atoms with Crippen LogP contribution in [0.15, 0.2) is 41.0 Å². The molecule has 1 aromatic carbocycles. The second-order valence-corrected chi connectivity index (χ2v) is 4.82. The molecule has 1 aliphatic carbocycles. The first-order valence-corrected chi connectivity index (χ1v) is 6.09. The molecule has 0 saturated carbocycles. The van der Waals surface area contributed by atoms with Crippen LogP contribution in [-0.2, 0) is 16.6 Å². The molecule has 1 amide bonds. The number of fused-ring (bicyclic) bond motifs is 1. The highest BCUT2D eigenvalue weighted by Gasteiger charge is 2.46. The standard InChI is InChI=1S/C15H15NO2/c1-10-12(7-9-18-10)15(14(16)17)8-6-11-4-2-3-5-13(11)15/h2-5,7,9H,6,8H2,1H3,(H2,16,17). The molecule has 0 spiro atoms. The number of primary amides is 1. The predicted octanol–water partition coefficient (Wildman–Crippen LogP) is 2.31. The van der Waals surface area contributed by atoms with E-state index in [1.807, 2.05) is 31.2 Å². The normalized spacial score (nSPS) is 21.8. The third kappa shape index (κ3) is 1.27. The van der Waals surface area contributed by atoms with Crippen molar-refractivity contribution >= 4 is 5.91 Å². The highest BCUT2D eigenvalue weighted by Crippen LogP contribution is 2.45. The number of amides is 1. The maximum Gasteiger partial charge on any atom is 0.232 e. The Morgan fingerprint density at radius 2 is 2.06 bits per heavy atom. The lowest BCUT2D eigenvalue weighted by molar-refractivity contribution is -0.122. The van der Waals surface area contributed by atoms with Crippen LogP contribution >= 0.6 is 0 Å². The molecule has 1 unspecified atom stereocenters. The van der Waals surface area contributed by atoms with Crippen LogP contribution in [-0.4, -0.2) is 5.91 Å². The molecule has 1 heterocycles. The van der Waals surface area contributed by atoms with E-state index in [-0.39, 0.29) is 5.91 Å². The Hall–Kier alpha value is -2.03. The third-order valence-electron chi connectivity index (χ3n) is 3.99. The van der Waals surface area contributed by atoms with E-state index in [2.05, 4.69) is 6.07 Å². The highest BCUT2D eigenvalue weighted by molar-refractivity contribution is 5.92. The molecular formula is C15H15NO2. The van der Waals surface area contributed by atoms with Crippen molar-refractivity contribution in [2.45, 2.75) is 25.2 Å². The average molecular weight is 241 g/mol. The molecule has 3 rings (SSSR count). The number of carbonyl (C=O) groups excluding carboxylic acids is 1. The molecule has 1 aromatic heterocycles. The fourth-order valence-electron chi connectivity index (χ4n) is 3.11. The summed E-state index contributed by atoms with van der Waals surface area (Å²) in [5.41, 5.74) is 8.15. The Morgan fingerprint density at radius 1 is 1.28 bits per heavy atom. The summed E-state index contributed by atoms with van der Waals surface area (Å²) in [5, 5.41) is 0. The largest absolute Gasteiger partial charge is 0.469 e. The van der Waals surface area contributed by atoms with E-state index >= 15 is 0 Å². The van der Waals surface area contributed by atoms with E-state index in [1.54, 1.807) is 6.26 Å². The molecule has 0 bridgehead atoms. The zero-order chi connectivity index (χ0) is 12.8. The van der Waals surface area contributed by atoms with Gasteiger partial charge in [-0.3, -0.25) is 4.79 Å². The van der Waals surface area contributed by atoms with Gasteiger partial charge in [0.2, 0.25) is 5.91 Å². The molecule has 0 aliphatic heterocycles. The fraction of sp³-hybridized carbons (Fsp3) is 0.267. The molecule has 1 aliphatic rings. The summed E-state index contributed by atoms with van der Waals surface area (Å²) in [4.78, 5) is 12.1. The van der Waals surface area contributed by atoms with E-state index in [0.29, 0.717) is 0 Å². The van der Waals surface area contributed by atoms with Gasteiger partial charge in [-0.2, -0.15) is 0 Å². The third-order valence-corrected chi connectivity index (χ3v) is 3.99. The van der Waals surface area contributed by atoms with E-state index < -0.39 is 5.41 Å². The minimum atomic E-state index is -0.715. The fourth-order valence-corrected chi connectivity index (χ4v) is 3.11. The Balaban J connectivity index is 2.28. The quantitative estimate of drug-likeness (QED) is 0.877. The summed E-state index contributed by atoms with van der Waals surface area (Å²) in [5.74, 6) is 0.474. The van der Waals surface area contributed by atoms with Gasteiger partial charge >= 0.3 is 0 Å². The van der Waals surface area contributed by atoms with Gasteiger partial charge in [0.1, 0.15) is 11.2 Å². The second kappa shape index (κ2) is 3.73. The lowest BCUT2D eigenvalue weighted by Gasteiger charge is -2.26. The van der Waals surface area contributed by atoms with Crippen LogP contribution in [0.5, 0.6) is 0 Å². The number of hydrogen-bond donors (Lipinski definition) is 1.